The standard InChI is InChI=1S/C23H38N4O5/c1-4-15-6-7-17-19(18(15)21(29)24-3)23(31)27(16(5-2)14-28)20(17)22(30)25-8-9-26-10-12-32-13-11-26/h6-7,15-20,28H,4-5,8-14H2,1-3H3,(H,24,29)(H,25,30)/t15-,16+,17+,18-,19+,20+/m1/s1. The first-order chi connectivity index (χ1) is 15.5. The zero-order valence-electron chi connectivity index (χ0n) is 19.5. The summed E-state index contributed by atoms with van der Waals surface area (Å²) in [5.41, 5.74) is 0. The van der Waals surface area contributed by atoms with Crippen molar-refractivity contribution in [1.29, 1.82) is 0 Å². The normalized spacial score (nSPS) is 31.3. The molecule has 1 aliphatic carbocycles. The summed E-state index contributed by atoms with van der Waals surface area (Å²) in [6, 6.07) is -1.18. The summed E-state index contributed by atoms with van der Waals surface area (Å²) in [7, 11) is 1.58. The van der Waals surface area contributed by atoms with Crippen molar-refractivity contribution in [2.75, 3.05) is 53.0 Å². The number of ether oxygens (including phenoxy) is 1. The van der Waals surface area contributed by atoms with E-state index in [1.54, 1.807) is 11.9 Å². The van der Waals surface area contributed by atoms with Gasteiger partial charge in [0.25, 0.3) is 0 Å². The summed E-state index contributed by atoms with van der Waals surface area (Å²) >= 11 is 0. The summed E-state index contributed by atoms with van der Waals surface area (Å²) in [5, 5.41) is 15.7. The number of aliphatic hydroxyl groups is 1. The largest absolute Gasteiger partial charge is 0.394 e. The van der Waals surface area contributed by atoms with Crippen LogP contribution >= 0.6 is 0 Å². The van der Waals surface area contributed by atoms with Crippen molar-refractivity contribution < 1.29 is 24.2 Å². The van der Waals surface area contributed by atoms with Crippen LogP contribution in [0.2, 0.25) is 0 Å². The van der Waals surface area contributed by atoms with Crippen LogP contribution in [-0.4, -0.2) is 97.8 Å². The Labute approximate surface area is 190 Å². The van der Waals surface area contributed by atoms with Crippen molar-refractivity contribution in [2.24, 2.45) is 23.7 Å². The summed E-state index contributed by atoms with van der Waals surface area (Å²) in [5.74, 6) is -2.16. The maximum atomic E-state index is 13.6. The molecule has 0 unspecified atom stereocenters. The van der Waals surface area contributed by atoms with Gasteiger partial charge in [0.2, 0.25) is 17.7 Å². The molecular weight excluding hydrogens is 412 g/mol. The van der Waals surface area contributed by atoms with E-state index < -0.39 is 29.8 Å². The maximum Gasteiger partial charge on any atom is 0.243 e. The van der Waals surface area contributed by atoms with E-state index in [1.165, 1.54) is 0 Å². The lowest BCUT2D eigenvalue weighted by Gasteiger charge is -2.34. The Morgan fingerprint density at radius 3 is 2.53 bits per heavy atom. The third-order valence-corrected chi connectivity index (χ3v) is 7.24. The Morgan fingerprint density at radius 1 is 1.22 bits per heavy atom. The van der Waals surface area contributed by atoms with Crippen LogP contribution < -0.4 is 10.6 Å². The van der Waals surface area contributed by atoms with E-state index in [1.807, 2.05) is 26.0 Å². The molecule has 0 saturated carbocycles. The number of nitrogens with zero attached hydrogens (tertiary/aromatic N) is 2. The molecule has 180 valence electrons. The molecule has 0 aromatic carbocycles. The lowest BCUT2D eigenvalue weighted by atomic mass is 9.69. The monoisotopic (exact) mass is 450 g/mol. The third kappa shape index (κ3) is 4.84. The molecule has 3 amide bonds. The number of rotatable bonds is 9. The van der Waals surface area contributed by atoms with E-state index in [2.05, 4.69) is 15.5 Å². The van der Waals surface area contributed by atoms with Gasteiger partial charge in [-0.2, -0.15) is 0 Å². The second-order valence-corrected chi connectivity index (χ2v) is 8.88. The van der Waals surface area contributed by atoms with Crippen molar-refractivity contribution in [3.63, 3.8) is 0 Å². The van der Waals surface area contributed by atoms with Crippen molar-refractivity contribution in [1.82, 2.24) is 20.4 Å². The van der Waals surface area contributed by atoms with E-state index in [-0.39, 0.29) is 30.2 Å². The molecule has 9 heteroatoms. The Kier molecular flexibility index (Phi) is 8.67. The molecule has 2 aliphatic heterocycles. The molecule has 3 aliphatic rings. The fourth-order valence-corrected chi connectivity index (χ4v) is 5.43. The van der Waals surface area contributed by atoms with Crippen molar-refractivity contribution in [3.05, 3.63) is 12.2 Å². The Hall–Kier alpha value is -1.97. The summed E-state index contributed by atoms with van der Waals surface area (Å²) in [6.45, 7) is 7.94. The first-order valence-electron chi connectivity index (χ1n) is 11.9. The number of amides is 3. The number of aliphatic hydroxyl groups excluding tert-OH is 1. The second kappa shape index (κ2) is 11.2. The fraction of sp³-hybridized carbons (Fsp3) is 0.783. The Morgan fingerprint density at radius 2 is 1.94 bits per heavy atom. The number of nitrogens with one attached hydrogen (secondary N) is 2. The lowest BCUT2D eigenvalue weighted by Crippen LogP contribution is -2.53. The minimum absolute atomic E-state index is 0.0562. The lowest BCUT2D eigenvalue weighted by molar-refractivity contribution is -0.143. The van der Waals surface area contributed by atoms with Crippen LogP contribution in [0.5, 0.6) is 0 Å². The zero-order chi connectivity index (χ0) is 23.3. The van der Waals surface area contributed by atoms with Crippen LogP contribution in [0, 0.1) is 23.7 Å². The number of carbonyl (C=O) groups is 3. The van der Waals surface area contributed by atoms with Crippen molar-refractivity contribution >= 4 is 17.7 Å². The second-order valence-electron chi connectivity index (χ2n) is 8.88. The van der Waals surface area contributed by atoms with Gasteiger partial charge in [-0.05, 0) is 18.8 Å². The van der Waals surface area contributed by atoms with Crippen LogP contribution in [0.25, 0.3) is 0 Å². The molecule has 32 heavy (non-hydrogen) atoms. The molecular formula is C23H38N4O5. The topological polar surface area (TPSA) is 111 Å². The van der Waals surface area contributed by atoms with Crippen LogP contribution in [-0.2, 0) is 19.1 Å². The van der Waals surface area contributed by atoms with Gasteiger partial charge in [0.05, 0.1) is 37.7 Å². The highest BCUT2D eigenvalue weighted by atomic mass is 16.5. The molecule has 2 heterocycles. The van der Waals surface area contributed by atoms with Gasteiger partial charge in [0, 0.05) is 39.1 Å². The molecule has 0 aromatic rings. The van der Waals surface area contributed by atoms with E-state index in [0.717, 1.165) is 26.1 Å². The van der Waals surface area contributed by atoms with Crippen molar-refractivity contribution in [2.45, 2.75) is 38.8 Å². The number of fused-ring (bicyclic) bond motifs is 1. The smallest absolute Gasteiger partial charge is 0.243 e. The minimum Gasteiger partial charge on any atom is -0.394 e. The van der Waals surface area contributed by atoms with Gasteiger partial charge in [-0.25, -0.2) is 0 Å². The molecule has 0 aromatic heterocycles. The highest BCUT2D eigenvalue weighted by Crippen LogP contribution is 2.45. The fourth-order valence-electron chi connectivity index (χ4n) is 5.43. The number of hydrogen-bond acceptors (Lipinski definition) is 6. The Balaban J connectivity index is 1.83. The first-order valence-corrected chi connectivity index (χ1v) is 11.9. The van der Waals surface area contributed by atoms with E-state index in [4.69, 9.17) is 4.74 Å². The zero-order valence-corrected chi connectivity index (χ0v) is 19.5. The number of morpholine rings is 1. The van der Waals surface area contributed by atoms with Gasteiger partial charge >= 0.3 is 0 Å². The van der Waals surface area contributed by atoms with Gasteiger partial charge < -0.3 is 25.4 Å². The van der Waals surface area contributed by atoms with Crippen LogP contribution in [0.1, 0.15) is 26.7 Å². The van der Waals surface area contributed by atoms with Gasteiger partial charge in [-0.3, -0.25) is 19.3 Å². The maximum absolute atomic E-state index is 13.6. The number of carbonyl (C=O) groups excluding carboxylic acids is 3. The molecule has 2 fully saturated rings. The molecule has 9 nitrogen and oxygen atoms in total. The van der Waals surface area contributed by atoms with Gasteiger partial charge in [-0.1, -0.05) is 26.0 Å². The van der Waals surface area contributed by atoms with Crippen LogP contribution in [0.15, 0.2) is 12.2 Å². The number of likely N-dealkylation sites (tertiary alicyclic amines) is 1. The molecule has 0 bridgehead atoms. The summed E-state index contributed by atoms with van der Waals surface area (Å²) in [4.78, 5) is 43.6. The van der Waals surface area contributed by atoms with E-state index in [9.17, 15) is 19.5 Å². The summed E-state index contributed by atoms with van der Waals surface area (Å²) < 4.78 is 5.36. The highest BCUT2D eigenvalue weighted by molar-refractivity contribution is 5.97. The molecule has 3 N–H and O–H groups in total. The Bertz CT molecular complexity index is 705. The van der Waals surface area contributed by atoms with E-state index >= 15 is 0 Å². The predicted molar refractivity (Wildman–Crippen MR) is 120 cm³/mol. The van der Waals surface area contributed by atoms with Crippen LogP contribution in [0.3, 0.4) is 0 Å². The first kappa shape index (κ1) is 24.7. The molecule has 0 spiro atoms. The summed E-state index contributed by atoms with van der Waals surface area (Å²) in [6.07, 6.45) is 5.21. The highest BCUT2D eigenvalue weighted by Gasteiger charge is 2.58. The molecule has 0 radical (unpaired) electrons. The molecule has 3 rings (SSSR count). The van der Waals surface area contributed by atoms with Crippen LogP contribution in [0.4, 0.5) is 0 Å². The van der Waals surface area contributed by atoms with Gasteiger partial charge in [0.15, 0.2) is 0 Å². The van der Waals surface area contributed by atoms with E-state index in [0.29, 0.717) is 26.2 Å². The van der Waals surface area contributed by atoms with Gasteiger partial charge in [0.1, 0.15) is 6.04 Å². The quantitative estimate of drug-likeness (QED) is 0.413. The SMILES string of the molecule is CC[C@@H](CO)N1C(=O)[C@H]2[C@H](C=C[C@@H](CC)[C@H]2C(=O)NC)[C@H]1C(=O)NCCN1CCOCC1. The average molecular weight is 451 g/mol. The van der Waals surface area contributed by atoms with Crippen molar-refractivity contribution in [3.8, 4) is 0 Å². The molecule has 2 saturated heterocycles. The number of allylic oxidation sites excluding steroid dienone is 1. The predicted octanol–water partition coefficient (Wildman–Crippen LogP) is -0.393. The minimum atomic E-state index is -0.726. The van der Waals surface area contributed by atoms with Gasteiger partial charge in [-0.15, -0.1) is 0 Å². The molecule has 6 atom stereocenters. The number of hydrogen-bond donors (Lipinski definition) is 3. The average Bonchev–Trinajstić information content (AvgIpc) is 3.11. The third-order valence-electron chi connectivity index (χ3n) is 7.24.